The summed E-state index contributed by atoms with van der Waals surface area (Å²) in [5.41, 5.74) is 1.84. The molecule has 1 N–H and O–H groups in total. The summed E-state index contributed by atoms with van der Waals surface area (Å²) >= 11 is 12.4. The van der Waals surface area contributed by atoms with Gasteiger partial charge in [0.05, 0.1) is 13.7 Å². The standard InChI is InChI=1S/C25H31Cl2N5O3/c1-5-29(3)32(18(2)28-13-19-6-10-22(35-4)11-7-19)24-15-30(25(34)16-31(24)17-33)14-20-8-9-21(26)12-23(20)27/h6-12,17,24,28H,2,5,13-16H2,1,3-4H3. The molecule has 10 heteroatoms. The third-order valence-electron chi connectivity index (χ3n) is 5.99. The van der Waals surface area contributed by atoms with Crippen molar-refractivity contribution >= 4 is 35.5 Å². The van der Waals surface area contributed by atoms with Crippen LogP contribution in [0.1, 0.15) is 18.1 Å². The molecule has 2 amide bonds. The van der Waals surface area contributed by atoms with Crippen molar-refractivity contribution < 1.29 is 14.3 Å². The van der Waals surface area contributed by atoms with Gasteiger partial charge in [0.25, 0.3) is 0 Å². The van der Waals surface area contributed by atoms with Crippen molar-refractivity contribution in [2.24, 2.45) is 0 Å². The van der Waals surface area contributed by atoms with Crippen molar-refractivity contribution in [3.05, 3.63) is 76.0 Å². The van der Waals surface area contributed by atoms with Gasteiger partial charge in [0.15, 0.2) is 0 Å². The van der Waals surface area contributed by atoms with Crippen LogP contribution < -0.4 is 10.1 Å². The minimum absolute atomic E-state index is 0.0425. The van der Waals surface area contributed by atoms with Crippen LogP contribution in [-0.2, 0) is 22.7 Å². The average molecular weight is 520 g/mol. The molecule has 1 fully saturated rings. The van der Waals surface area contributed by atoms with E-state index in [2.05, 4.69) is 11.9 Å². The fourth-order valence-corrected chi connectivity index (χ4v) is 4.36. The molecule has 0 radical (unpaired) electrons. The predicted octanol–water partition coefficient (Wildman–Crippen LogP) is 3.56. The number of hydrogen-bond donors (Lipinski definition) is 1. The summed E-state index contributed by atoms with van der Waals surface area (Å²) in [5, 5.41) is 8.26. The van der Waals surface area contributed by atoms with Crippen molar-refractivity contribution in [3.8, 4) is 5.75 Å². The summed E-state index contributed by atoms with van der Waals surface area (Å²) in [6.07, 6.45) is 0.264. The van der Waals surface area contributed by atoms with E-state index in [1.807, 2.05) is 54.3 Å². The Balaban J connectivity index is 1.79. The van der Waals surface area contributed by atoms with Crippen molar-refractivity contribution in [3.63, 3.8) is 0 Å². The second kappa shape index (κ2) is 12.2. The first-order valence-electron chi connectivity index (χ1n) is 11.3. The van der Waals surface area contributed by atoms with Crippen molar-refractivity contribution in [1.29, 1.82) is 0 Å². The number of carbonyl (C=O) groups is 2. The number of halogens is 2. The van der Waals surface area contributed by atoms with Crippen LogP contribution >= 0.6 is 23.2 Å². The van der Waals surface area contributed by atoms with E-state index in [0.717, 1.165) is 16.9 Å². The molecule has 8 nitrogen and oxygen atoms in total. The smallest absolute Gasteiger partial charge is 0.242 e. The average Bonchev–Trinajstić information content (AvgIpc) is 2.86. The maximum absolute atomic E-state index is 12.9. The summed E-state index contributed by atoms with van der Waals surface area (Å²) in [6.45, 7) is 8.00. The van der Waals surface area contributed by atoms with Gasteiger partial charge in [-0.2, -0.15) is 0 Å². The van der Waals surface area contributed by atoms with Crippen LogP contribution in [0.3, 0.4) is 0 Å². The van der Waals surface area contributed by atoms with Crippen LogP contribution in [0, 0.1) is 0 Å². The zero-order valence-electron chi connectivity index (χ0n) is 20.2. The first-order chi connectivity index (χ1) is 16.8. The molecule has 2 aromatic carbocycles. The monoisotopic (exact) mass is 519 g/mol. The first kappa shape index (κ1) is 26.7. The molecule has 0 aliphatic carbocycles. The van der Waals surface area contributed by atoms with Gasteiger partial charge in [0.1, 0.15) is 24.3 Å². The number of methoxy groups -OCH3 is 1. The van der Waals surface area contributed by atoms with Crippen LogP contribution in [0.15, 0.2) is 54.9 Å². The summed E-state index contributed by atoms with van der Waals surface area (Å²) in [6, 6.07) is 13.0. The zero-order chi connectivity index (χ0) is 25.5. The van der Waals surface area contributed by atoms with E-state index in [9.17, 15) is 9.59 Å². The van der Waals surface area contributed by atoms with Gasteiger partial charge < -0.3 is 19.9 Å². The van der Waals surface area contributed by atoms with Crippen LogP contribution in [0.4, 0.5) is 0 Å². The molecule has 2 aromatic rings. The van der Waals surface area contributed by atoms with E-state index in [1.165, 1.54) is 4.90 Å². The Bertz CT molecular complexity index is 1050. The van der Waals surface area contributed by atoms with E-state index in [-0.39, 0.29) is 19.0 Å². The van der Waals surface area contributed by atoms with Gasteiger partial charge in [0.2, 0.25) is 12.3 Å². The number of benzene rings is 2. The molecule has 0 aromatic heterocycles. The molecule has 35 heavy (non-hydrogen) atoms. The highest BCUT2D eigenvalue weighted by molar-refractivity contribution is 6.35. The Labute approximate surface area is 216 Å². The third kappa shape index (κ3) is 6.60. The normalized spacial score (nSPS) is 15.8. The number of carbonyl (C=O) groups excluding carboxylic acids is 2. The molecule has 188 valence electrons. The fraction of sp³-hybridized carbons (Fsp3) is 0.360. The molecular weight excluding hydrogens is 489 g/mol. The highest BCUT2D eigenvalue weighted by Gasteiger charge is 2.37. The first-order valence-corrected chi connectivity index (χ1v) is 12.0. The van der Waals surface area contributed by atoms with E-state index in [1.54, 1.807) is 24.1 Å². The van der Waals surface area contributed by atoms with Gasteiger partial charge >= 0.3 is 0 Å². The molecule has 1 aliphatic rings. The molecule has 0 saturated carbocycles. The topological polar surface area (TPSA) is 68.4 Å². The van der Waals surface area contributed by atoms with Crippen molar-refractivity contribution in [2.75, 3.05) is 33.8 Å². The lowest BCUT2D eigenvalue weighted by atomic mass is 10.1. The van der Waals surface area contributed by atoms with Crippen LogP contribution in [0.5, 0.6) is 5.75 Å². The number of amides is 2. The summed E-state index contributed by atoms with van der Waals surface area (Å²) < 4.78 is 5.22. The SMILES string of the molecule is C=C(NCc1ccc(OC)cc1)N(C1CN(Cc2ccc(Cl)cc2Cl)C(=O)CN1C=O)N(C)CC. The lowest BCUT2D eigenvalue weighted by Crippen LogP contribution is -2.64. The van der Waals surface area contributed by atoms with E-state index >= 15 is 0 Å². The highest BCUT2D eigenvalue weighted by Crippen LogP contribution is 2.25. The van der Waals surface area contributed by atoms with E-state index in [4.69, 9.17) is 27.9 Å². The number of piperazine rings is 1. The second-order valence-corrected chi connectivity index (χ2v) is 9.08. The Morgan fingerprint density at radius 1 is 1.26 bits per heavy atom. The summed E-state index contributed by atoms with van der Waals surface area (Å²) in [5.74, 6) is 1.24. The van der Waals surface area contributed by atoms with Gasteiger partial charge in [-0.1, -0.05) is 54.9 Å². The highest BCUT2D eigenvalue weighted by atomic mass is 35.5. The number of hydrogen-bond acceptors (Lipinski definition) is 6. The number of ether oxygens (including phenoxy) is 1. The number of hydrazine groups is 1. The lowest BCUT2D eigenvalue weighted by molar-refractivity contribution is -0.159. The molecule has 1 unspecified atom stereocenters. The lowest BCUT2D eigenvalue weighted by Gasteiger charge is -2.48. The Morgan fingerprint density at radius 2 is 1.97 bits per heavy atom. The van der Waals surface area contributed by atoms with Crippen LogP contribution in [0.2, 0.25) is 10.0 Å². The molecule has 1 aliphatic heterocycles. The molecule has 1 atom stereocenters. The van der Waals surface area contributed by atoms with E-state index < -0.39 is 6.17 Å². The van der Waals surface area contributed by atoms with Crippen molar-refractivity contribution in [2.45, 2.75) is 26.2 Å². The molecule has 3 rings (SSSR count). The Hall–Kier alpha value is -2.94. The van der Waals surface area contributed by atoms with Gasteiger partial charge in [0, 0.05) is 36.7 Å². The molecule has 1 heterocycles. The van der Waals surface area contributed by atoms with E-state index in [0.29, 0.717) is 41.9 Å². The number of nitrogens with one attached hydrogen (secondary N) is 1. The van der Waals surface area contributed by atoms with Gasteiger partial charge in [-0.15, -0.1) is 0 Å². The minimum Gasteiger partial charge on any atom is -0.497 e. The Kier molecular flexibility index (Phi) is 9.26. The van der Waals surface area contributed by atoms with Crippen LogP contribution in [-0.4, -0.2) is 72.1 Å². The van der Waals surface area contributed by atoms with Gasteiger partial charge in [-0.25, -0.2) is 5.01 Å². The largest absolute Gasteiger partial charge is 0.497 e. The van der Waals surface area contributed by atoms with Crippen LogP contribution in [0.25, 0.3) is 0 Å². The quantitative estimate of drug-likeness (QED) is 0.361. The molecular formula is C25H31Cl2N5O3. The third-order valence-corrected chi connectivity index (χ3v) is 6.58. The number of nitrogens with zero attached hydrogens (tertiary/aromatic N) is 4. The molecule has 0 bridgehead atoms. The van der Waals surface area contributed by atoms with Crippen molar-refractivity contribution in [1.82, 2.24) is 25.1 Å². The minimum atomic E-state index is -0.447. The maximum Gasteiger partial charge on any atom is 0.242 e. The fourth-order valence-electron chi connectivity index (χ4n) is 3.89. The Morgan fingerprint density at radius 3 is 2.57 bits per heavy atom. The number of rotatable bonds is 11. The predicted molar refractivity (Wildman–Crippen MR) is 138 cm³/mol. The summed E-state index contributed by atoms with van der Waals surface area (Å²) in [4.78, 5) is 28.0. The zero-order valence-corrected chi connectivity index (χ0v) is 21.7. The second-order valence-electron chi connectivity index (χ2n) is 8.24. The van der Waals surface area contributed by atoms with Gasteiger partial charge in [-0.05, 0) is 35.4 Å². The van der Waals surface area contributed by atoms with Gasteiger partial charge in [-0.3, -0.25) is 14.6 Å². The maximum atomic E-state index is 12.9. The summed E-state index contributed by atoms with van der Waals surface area (Å²) in [7, 11) is 3.55. The molecule has 1 saturated heterocycles. The molecule has 0 spiro atoms.